The third-order valence-corrected chi connectivity index (χ3v) is 4.84. The van der Waals surface area contributed by atoms with Gasteiger partial charge in [-0.3, -0.25) is 4.79 Å². The second kappa shape index (κ2) is 9.70. The van der Waals surface area contributed by atoms with Crippen molar-refractivity contribution in [3.05, 3.63) is 70.2 Å². The van der Waals surface area contributed by atoms with Crippen LogP contribution in [-0.4, -0.2) is 20.6 Å². The van der Waals surface area contributed by atoms with Crippen LogP contribution >= 0.6 is 23.8 Å². The number of benzene rings is 2. The summed E-state index contributed by atoms with van der Waals surface area (Å²) in [6, 6.07) is 7.56. The summed E-state index contributed by atoms with van der Waals surface area (Å²) in [6.07, 6.45) is -9.86. The first-order valence-corrected chi connectivity index (χ1v) is 10.2. The predicted octanol–water partition coefficient (Wildman–Crippen LogP) is 5.31. The summed E-state index contributed by atoms with van der Waals surface area (Å²) in [4.78, 5) is 11.9. The first kappa shape index (κ1) is 24.4. The van der Waals surface area contributed by atoms with Crippen LogP contribution in [0.5, 0.6) is 0 Å². The van der Waals surface area contributed by atoms with Gasteiger partial charge in [-0.1, -0.05) is 4.49 Å². The number of anilines is 2. The lowest BCUT2D eigenvalue weighted by atomic mass is 10.0. The van der Waals surface area contributed by atoms with Crippen LogP contribution in [0, 0.1) is 0 Å². The smallest absolute Gasteiger partial charge is 0.358 e. The second-order valence-corrected chi connectivity index (χ2v) is 7.56. The number of halogens is 6. The minimum atomic E-state index is -4.93. The summed E-state index contributed by atoms with van der Waals surface area (Å²) in [5.41, 5.74) is -1.95. The third kappa shape index (κ3) is 6.86. The molecular formula is C19H13F6N5OS2. The van der Waals surface area contributed by atoms with Gasteiger partial charge in [0.1, 0.15) is 0 Å². The maximum Gasteiger partial charge on any atom is 0.416 e. The van der Waals surface area contributed by atoms with Crippen molar-refractivity contribution in [2.24, 2.45) is 0 Å². The van der Waals surface area contributed by atoms with Crippen molar-refractivity contribution in [2.45, 2.75) is 18.9 Å². The van der Waals surface area contributed by atoms with Crippen LogP contribution in [0.15, 0.2) is 47.8 Å². The minimum absolute atomic E-state index is 0.0219. The molecule has 0 radical (unpaired) electrons. The third-order valence-electron chi connectivity index (χ3n) is 4.09. The summed E-state index contributed by atoms with van der Waals surface area (Å²) in [6.45, 7) is -0.366. The fourth-order valence-corrected chi connectivity index (χ4v) is 3.20. The van der Waals surface area contributed by atoms with Crippen molar-refractivity contribution in [1.82, 2.24) is 14.9 Å². The highest BCUT2D eigenvalue weighted by Gasteiger charge is 2.36. The minimum Gasteiger partial charge on any atom is -0.358 e. The molecule has 0 fully saturated rings. The van der Waals surface area contributed by atoms with E-state index in [2.05, 4.69) is 25.5 Å². The van der Waals surface area contributed by atoms with Crippen LogP contribution in [0.4, 0.5) is 37.7 Å². The van der Waals surface area contributed by atoms with E-state index in [1.807, 2.05) is 0 Å². The number of alkyl halides is 6. The Kier molecular flexibility index (Phi) is 7.17. The van der Waals surface area contributed by atoms with E-state index >= 15 is 0 Å². The van der Waals surface area contributed by atoms with Crippen LogP contribution in [0.2, 0.25) is 0 Å². The standard InChI is InChI=1S/C19H13F6N5OS2/c20-18(21,22)11-5-10(6-12(7-11)19(23,24)25)8-26-17(32)28-14-3-1-13(2-4-14)27-16(31)15-9-33-30-29-15/h1-7,9H,8H2,(H,27,31)(H2,26,28,32). The monoisotopic (exact) mass is 505 g/mol. The molecule has 0 atom stereocenters. The fourth-order valence-electron chi connectivity index (χ4n) is 2.57. The summed E-state index contributed by atoms with van der Waals surface area (Å²) >= 11 is 6.08. The predicted molar refractivity (Wildman–Crippen MR) is 114 cm³/mol. The summed E-state index contributed by atoms with van der Waals surface area (Å²) < 4.78 is 81.3. The quantitative estimate of drug-likeness (QED) is 0.322. The zero-order chi connectivity index (χ0) is 24.2. The van der Waals surface area contributed by atoms with Crippen molar-refractivity contribution in [3.63, 3.8) is 0 Å². The molecular weight excluding hydrogens is 492 g/mol. The molecule has 3 rings (SSSR count). The number of rotatable bonds is 5. The van der Waals surface area contributed by atoms with Crippen LogP contribution in [-0.2, 0) is 18.9 Å². The Morgan fingerprint density at radius 3 is 1.94 bits per heavy atom. The average molecular weight is 505 g/mol. The Balaban J connectivity index is 1.60. The molecule has 0 saturated heterocycles. The lowest BCUT2D eigenvalue weighted by Gasteiger charge is -2.15. The van der Waals surface area contributed by atoms with Crippen LogP contribution < -0.4 is 16.0 Å². The highest BCUT2D eigenvalue weighted by molar-refractivity contribution is 7.80. The van der Waals surface area contributed by atoms with Gasteiger partial charge in [0.05, 0.1) is 11.1 Å². The van der Waals surface area contributed by atoms with Gasteiger partial charge >= 0.3 is 12.4 Å². The van der Waals surface area contributed by atoms with Crippen LogP contribution in [0.25, 0.3) is 0 Å². The van der Waals surface area contributed by atoms with E-state index in [-0.39, 0.29) is 29.0 Å². The largest absolute Gasteiger partial charge is 0.416 e. The Bertz CT molecular complexity index is 1100. The fraction of sp³-hybridized carbons (Fsp3) is 0.158. The molecule has 14 heteroatoms. The summed E-state index contributed by atoms with van der Waals surface area (Å²) in [5, 5.41) is 13.0. The van der Waals surface area contributed by atoms with Gasteiger partial charge in [0, 0.05) is 23.3 Å². The number of thiocarbonyl (C=S) groups is 1. The molecule has 1 aromatic heterocycles. The number of aromatic nitrogens is 2. The van der Waals surface area contributed by atoms with Gasteiger partial charge in [-0.15, -0.1) is 5.10 Å². The molecule has 0 saturated carbocycles. The van der Waals surface area contributed by atoms with Gasteiger partial charge in [0.25, 0.3) is 5.91 Å². The Morgan fingerprint density at radius 2 is 1.45 bits per heavy atom. The molecule has 0 unspecified atom stereocenters. The molecule has 0 bridgehead atoms. The lowest BCUT2D eigenvalue weighted by molar-refractivity contribution is -0.143. The second-order valence-electron chi connectivity index (χ2n) is 6.54. The van der Waals surface area contributed by atoms with Crippen molar-refractivity contribution < 1.29 is 31.1 Å². The van der Waals surface area contributed by atoms with E-state index < -0.39 is 29.4 Å². The van der Waals surface area contributed by atoms with Crippen molar-refractivity contribution in [1.29, 1.82) is 0 Å². The summed E-state index contributed by atoms with van der Waals surface area (Å²) in [5.74, 6) is -0.444. The van der Waals surface area contributed by atoms with Gasteiger partial charge in [-0.25, -0.2) is 0 Å². The number of nitrogens with zero attached hydrogens (tertiary/aromatic N) is 2. The zero-order valence-corrected chi connectivity index (χ0v) is 17.8. The number of nitrogens with one attached hydrogen (secondary N) is 3. The van der Waals surface area contributed by atoms with E-state index in [0.29, 0.717) is 23.5 Å². The van der Waals surface area contributed by atoms with E-state index in [4.69, 9.17) is 12.2 Å². The van der Waals surface area contributed by atoms with Crippen LogP contribution in [0.3, 0.4) is 0 Å². The van der Waals surface area contributed by atoms with Gasteiger partial charge in [-0.05, 0) is 71.8 Å². The molecule has 33 heavy (non-hydrogen) atoms. The van der Waals surface area contributed by atoms with Gasteiger partial charge < -0.3 is 16.0 Å². The first-order chi connectivity index (χ1) is 15.4. The van der Waals surface area contributed by atoms with E-state index in [9.17, 15) is 31.1 Å². The van der Waals surface area contributed by atoms with Crippen molar-refractivity contribution in [3.8, 4) is 0 Å². The van der Waals surface area contributed by atoms with Crippen molar-refractivity contribution in [2.75, 3.05) is 10.6 Å². The first-order valence-electron chi connectivity index (χ1n) is 8.93. The topological polar surface area (TPSA) is 78.9 Å². The molecule has 1 amide bonds. The maximum atomic E-state index is 13.0. The summed E-state index contributed by atoms with van der Waals surface area (Å²) in [7, 11) is 0. The van der Waals surface area contributed by atoms with E-state index in [0.717, 1.165) is 11.5 Å². The average Bonchev–Trinajstić information content (AvgIpc) is 3.27. The van der Waals surface area contributed by atoms with Gasteiger partial charge in [0.2, 0.25) is 0 Å². The molecule has 0 aliphatic carbocycles. The van der Waals surface area contributed by atoms with Crippen LogP contribution in [0.1, 0.15) is 27.2 Å². The number of amides is 1. The molecule has 2 aromatic carbocycles. The van der Waals surface area contributed by atoms with Crippen molar-refractivity contribution >= 4 is 46.1 Å². The Hall–Kier alpha value is -3.26. The lowest BCUT2D eigenvalue weighted by Crippen LogP contribution is -2.28. The van der Waals surface area contributed by atoms with Gasteiger partial charge in [-0.2, -0.15) is 26.3 Å². The number of carbonyl (C=O) groups is 1. The van der Waals surface area contributed by atoms with E-state index in [1.54, 1.807) is 24.3 Å². The molecule has 3 aromatic rings. The number of hydrogen-bond donors (Lipinski definition) is 3. The Labute approximate surface area is 192 Å². The number of carbonyl (C=O) groups excluding carboxylic acids is 1. The molecule has 0 aliphatic heterocycles. The zero-order valence-electron chi connectivity index (χ0n) is 16.2. The van der Waals surface area contributed by atoms with E-state index in [1.165, 1.54) is 5.38 Å². The highest BCUT2D eigenvalue weighted by Crippen LogP contribution is 2.36. The molecule has 0 spiro atoms. The normalized spacial score (nSPS) is 11.7. The molecule has 1 heterocycles. The van der Waals surface area contributed by atoms with Gasteiger partial charge in [0.15, 0.2) is 10.8 Å². The number of hydrogen-bond acceptors (Lipinski definition) is 5. The highest BCUT2D eigenvalue weighted by atomic mass is 32.1. The Morgan fingerprint density at radius 1 is 0.909 bits per heavy atom. The maximum absolute atomic E-state index is 13.0. The SMILES string of the molecule is O=C(Nc1ccc(NC(=S)NCc2cc(C(F)(F)F)cc(C(F)(F)F)c2)cc1)c1csnn1. The molecule has 6 nitrogen and oxygen atoms in total. The molecule has 0 aliphatic rings. The molecule has 174 valence electrons. The molecule has 3 N–H and O–H groups in total.